The van der Waals surface area contributed by atoms with E-state index in [1.165, 1.54) is 24.8 Å². The van der Waals surface area contributed by atoms with Crippen molar-refractivity contribution in [3.8, 4) is 0 Å². The van der Waals surface area contributed by atoms with Gasteiger partial charge in [0.2, 0.25) is 0 Å². The van der Waals surface area contributed by atoms with Crippen molar-refractivity contribution < 1.29 is 4.79 Å². The number of aromatic nitrogens is 3. The van der Waals surface area contributed by atoms with Gasteiger partial charge in [-0.1, -0.05) is 33.3 Å². The highest BCUT2D eigenvalue weighted by Gasteiger charge is 2.18. The zero-order chi connectivity index (χ0) is 19.0. The average Bonchev–Trinajstić information content (AvgIpc) is 3.21. The molecule has 2 heterocycles. The SMILES string of the molecule is CC(C)(C)c1ccc2[nH]c(C(=O)NCc3cnn(CC4CCC4)c3)cc2c1. The van der Waals surface area contributed by atoms with E-state index >= 15 is 0 Å². The first kappa shape index (κ1) is 17.8. The van der Waals surface area contributed by atoms with Crippen LogP contribution in [0.25, 0.3) is 10.9 Å². The summed E-state index contributed by atoms with van der Waals surface area (Å²) >= 11 is 0. The van der Waals surface area contributed by atoms with Gasteiger partial charge >= 0.3 is 0 Å². The van der Waals surface area contributed by atoms with E-state index in [0.29, 0.717) is 12.2 Å². The fourth-order valence-corrected chi connectivity index (χ4v) is 3.54. The van der Waals surface area contributed by atoms with E-state index in [9.17, 15) is 4.79 Å². The Bertz CT molecular complexity index is 956. The Labute approximate surface area is 160 Å². The number of hydrogen-bond donors (Lipinski definition) is 2. The number of nitrogens with zero attached hydrogens (tertiary/aromatic N) is 2. The molecule has 4 rings (SSSR count). The summed E-state index contributed by atoms with van der Waals surface area (Å²) in [5.74, 6) is 0.687. The third kappa shape index (κ3) is 3.92. The van der Waals surface area contributed by atoms with Crippen LogP contribution in [0.2, 0.25) is 0 Å². The topological polar surface area (TPSA) is 62.7 Å². The summed E-state index contributed by atoms with van der Waals surface area (Å²) in [6.07, 6.45) is 7.85. The maximum Gasteiger partial charge on any atom is 0.267 e. The molecule has 1 fully saturated rings. The van der Waals surface area contributed by atoms with Crippen LogP contribution in [-0.4, -0.2) is 20.7 Å². The van der Waals surface area contributed by atoms with Gasteiger partial charge in [0.25, 0.3) is 5.91 Å². The summed E-state index contributed by atoms with van der Waals surface area (Å²) in [5, 5.41) is 8.48. The van der Waals surface area contributed by atoms with Crippen molar-refractivity contribution in [2.45, 2.75) is 58.5 Å². The molecule has 0 aliphatic heterocycles. The van der Waals surface area contributed by atoms with Crippen molar-refractivity contribution in [2.75, 3.05) is 0 Å². The molecule has 27 heavy (non-hydrogen) atoms. The maximum absolute atomic E-state index is 12.5. The summed E-state index contributed by atoms with van der Waals surface area (Å²) in [5.41, 5.74) is 3.97. The third-order valence-electron chi connectivity index (χ3n) is 5.54. The number of carbonyl (C=O) groups excluding carboxylic acids is 1. The Morgan fingerprint density at radius 1 is 1.30 bits per heavy atom. The molecule has 5 nitrogen and oxygen atoms in total. The molecule has 0 radical (unpaired) electrons. The van der Waals surface area contributed by atoms with E-state index in [-0.39, 0.29) is 11.3 Å². The molecular weight excluding hydrogens is 336 g/mol. The van der Waals surface area contributed by atoms with Crippen molar-refractivity contribution >= 4 is 16.8 Å². The number of hydrogen-bond acceptors (Lipinski definition) is 2. The molecule has 1 saturated carbocycles. The number of H-pyrrole nitrogens is 1. The van der Waals surface area contributed by atoms with Crippen LogP contribution in [0.4, 0.5) is 0 Å². The van der Waals surface area contributed by atoms with E-state index < -0.39 is 0 Å². The average molecular weight is 364 g/mol. The van der Waals surface area contributed by atoms with Crippen LogP contribution in [0.3, 0.4) is 0 Å². The van der Waals surface area contributed by atoms with Crippen LogP contribution in [0.15, 0.2) is 36.7 Å². The normalized spacial score (nSPS) is 15.1. The number of fused-ring (bicyclic) bond motifs is 1. The van der Waals surface area contributed by atoms with Crippen LogP contribution in [0.1, 0.15) is 61.6 Å². The Morgan fingerprint density at radius 3 is 2.81 bits per heavy atom. The summed E-state index contributed by atoms with van der Waals surface area (Å²) in [6.45, 7) is 8.07. The van der Waals surface area contributed by atoms with Gasteiger partial charge in [-0.15, -0.1) is 0 Å². The molecule has 0 saturated heterocycles. The summed E-state index contributed by atoms with van der Waals surface area (Å²) < 4.78 is 2.00. The molecule has 142 valence electrons. The van der Waals surface area contributed by atoms with Crippen molar-refractivity contribution in [3.63, 3.8) is 0 Å². The number of nitrogens with one attached hydrogen (secondary N) is 2. The highest BCUT2D eigenvalue weighted by molar-refractivity contribution is 5.98. The van der Waals surface area contributed by atoms with Crippen LogP contribution >= 0.6 is 0 Å². The van der Waals surface area contributed by atoms with Crippen molar-refractivity contribution in [2.24, 2.45) is 5.92 Å². The quantitative estimate of drug-likeness (QED) is 0.705. The first-order valence-electron chi connectivity index (χ1n) is 9.81. The van der Waals surface area contributed by atoms with Crippen LogP contribution < -0.4 is 5.32 Å². The summed E-state index contributed by atoms with van der Waals surface area (Å²) in [6, 6.07) is 8.27. The van der Waals surface area contributed by atoms with Gasteiger partial charge in [-0.25, -0.2) is 0 Å². The zero-order valence-electron chi connectivity index (χ0n) is 16.4. The first-order chi connectivity index (χ1) is 12.9. The summed E-state index contributed by atoms with van der Waals surface area (Å²) in [4.78, 5) is 15.8. The highest BCUT2D eigenvalue weighted by Crippen LogP contribution is 2.28. The Hall–Kier alpha value is -2.56. The van der Waals surface area contributed by atoms with Gasteiger partial charge in [0.05, 0.1) is 6.20 Å². The second-order valence-electron chi connectivity index (χ2n) is 8.79. The van der Waals surface area contributed by atoms with Crippen molar-refractivity contribution in [1.82, 2.24) is 20.1 Å². The lowest BCUT2D eigenvalue weighted by Crippen LogP contribution is -2.23. The molecule has 1 aliphatic rings. The van der Waals surface area contributed by atoms with Gasteiger partial charge in [0.1, 0.15) is 5.69 Å². The summed E-state index contributed by atoms with van der Waals surface area (Å²) in [7, 11) is 0. The molecule has 2 N–H and O–H groups in total. The lowest BCUT2D eigenvalue weighted by Gasteiger charge is -2.24. The van der Waals surface area contributed by atoms with E-state index in [1.807, 2.05) is 23.1 Å². The Morgan fingerprint density at radius 2 is 2.11 bits per heavy atom. The van der Waals surface area contributed by atoms with E-state index in [0.717, 1.165) is 28.9 Å². The van der Waals surface area contributed by atoms with Gasteiger partial charge in [0, 0.05) is 35.8 Å². The zero-order valence-corrected chi connectivity index (χ0v) is 16.4. The van der Waals surface area contributed by atoms with Gasteiger partial charge in [0.15, 0.2) is 0 Å². The van der Waals surface area contributed by atoms with Crippen molar-refractivity contribution in [1.29, 1.82) is 0 Å². The lowest BCUT2D eigenvalue weighted by molar-refractivity contribution is 0.0946. The van der Waals surface area contributed by atoms with Crippen LogP contribution in [-0.2, 0) is 18.5 Å². The van der Waals surface area contributed by atoms with Crippen LogP contribution in [0, 0.1) is 5.92 Å². The molecule has 1 aromatic carbocycles. The molecule has 0 atom stereocenters. The highest BCUT2D eigenvalue weighted by atomic mass is 16.1. The van der Waals surface area contributed by atoms with Crippen molar-refractivity contribution in [3.05, 3.63) is 53.5 Å². The fraction of sp³-hybridized carbons (Fsp3) is 0.455. The molecule has 0 unspecified atom stereocenters. The van der Waals surface area contributed by atoms with E-state index in [4.69, 9.17) is 0 Å². The second kappa shape index (κ2) is 6.87. The minimum Gasteiger partial charge on any atom is -0.351 e. The second-order valence-corrected chi connectivity index (χ2v) is 8.79. The molecule has 1 amide bonds. The maximum atomic E-state index is 12.5. The predicted molar refractivity (Wildman–Crippen MR) is 108 cm³/mol. The van der Waals surface area contributed by atoms with E-state index in [2.05, 4.69) is 54.4 Å². The lowest BCUT2D eigenvalue weighted by atomic mass is 9.85. The largest absolute Gasteiger partial charge is 0.351 e. The molecule has 0 spiro atoms. The van der Waals surface area contributed by atoms with Gasteiger partial charge in [-0.3, -0.25) is 9.48 Å². The van der Waals surface area contributed by atoms with Crippen LogP contribution in [0.5, 0.6) is 0 Å². The standard InChI is InChI=1S/C22H28N4O/c1-22(2,3)18-7-8-19-17(9-18)10-20(25-19)21(27)23-11-16-12-24-26(14-16)13-15-5-4-6-15/h7-10,12,14-15,25H,4-6,11,13H2,1-3H3,(H,23,27). The monoisotopic (exact) mass is 364 g/mol. The molecule has 1 aliphatic carbocycles. The number of amides is 1. The number of carbonyl (C=O) groups is 1. The number of aromatic amines is 1. The Kier molecular flexibility index (Phi) is 4.54. The third-order valence-corrected chi connectivity index (χ3v) is 5.54. The minimum absolute atomic E-state index is 0.0877. The minimum atomic E-state index is -0.0877. The predicted octanol–water partition coefficient (Wildman–Crippen LogP) is 4.39. The Balaban J connectivity index is 1.40. The molecular formula is C22H28N4O. The number of rotatable bonds is 5. The molecule has 3 aromatic rings. The van der Waals surface area contributed by atoms with Gasteiger partial charge in [-0.05, 0) is 47.9 Å². The van der Waals surface area contributed by atoms with Gasteiger partial charge < -0.3 is 10.3 Å². The molecule has 0 bridgehead atoms. The number of benzene rings is 1. The molecule has 5 heteroatoms. The smallest absolute Gasteiger partial charge is 0.267 e. The molecule has 2 aromatic heterocycles. The van der Waals surface area contributed by atoms with E-state index in [1.54, 1.807) is 0 Å². The van der Waals surface area contributed by atoms with Gasteiger partial charge in [-0.2, -0.15) is 5.10 Å². The fourth-order valence-electron chi connectivity index (χ4n) is 3.54. The first-order valence-corrected chi connectivity index (χ1v) is 9.81.